The summed E-state index contributed by atoms with van der Waals surface area (Å²) in [6.07, 6.45) is -1.09. The van der Waals surface area contributed by atoms with Crippen LogP contribution in [0, 0.1) is 5.92 Å². The summed E-state index contributed by atoms with van der Waals surface area (Å²) >= 11 is 0. The van der Waals surface area contributed by atoms with E-state index in [0.717, 1.165) is 25.9 Å². The number of benzene rings is 1. The van der Waals surface area contributed by atoms with Crippen LogP contribution in [0.3, 0.4) is 0 Å². The molecule has 1 saturated heterocycles. The zero-order valence-corrected chi connectivity index (χ0v) is 13.1. The lowest BCUT2D eigenvalue weighted by Gasteiger charge is -2.22. The van der Waals surface area contributed by atoms with E-state index in [-0.39, 0.29) is 29.6 Å². The van der Waals surface area contributed by atoms with Gasteiger partial charge in [0.1, 0.15) is 5.75 Å². The minimum atomic E-state index is -4.74. The molecule has 0 aromatic heterocycles. The Morgan fingerprint density at radius 1 is 1.29 bits per heavy atom. The second kappa shape index (κ2) is 7.01. The molecule has 1 aromatic rings. The van der Waals surface area contributed by atoms with E-state index in [1.165, 1.54) is 12.1 Å². The molecule has 0 bridgehead atoms. The molecule has 0 unspecified atom stereocenters. The highest BCUT2D eigenvalue weighted by atomic mass is 19.4. The molecule has 0 spiro atoms. The molecule has 1 N–H and O–H groups in total. The van der Waals surface area contributed by atoms with Gasteiger partial charge in [0.25, 0.3) is 0 Å². The Bertz CT molecular complexity index is 585. The van der Waals surface area contributed by atoms with Crippen molar-refractivity contribution in [3.8, 4) is 5.75 Å². The molecule has 1 aliphatic heterocycles. The van der Waals surface area contributed by atoms with Gasteiger partial charge < -0.3 is 14.8 Å². The number of amides is 1. The molecule has 1 aliphatic carbocycles. The standard InChI is InChI=1S/C17H20F3NO3/c18-17(19,20)24-15-7-2-1-6-12(15)13-9-14(13)16(22)21-10-11-5-3-4-8-23-11/h1-2,6-7,11,13-14H,3-5,8-10H2,(H,21,22)/t11-,13+,14-/m0/s1. The van der Waals surface area contributed by atoms with Gasteiger partial charge in [-0.25, -0.2) is 0 Å². The maximum Gasteiger partial charge on any atom is 0.573 e. The lowest BCUT2D eigenvalue weighted by Crippen LogP contribution is -2.36. The van der Waals surface area contributed by atoms with Crippen molar-refractivity contribution < 1.29 is 27.4 Å². The molecule has 1 aromatic carbocycles. The number of nitrogens with one attached hydrogen (secondary N) is 1. The number of ether oxygens (including phenoxy) is 2. The van der Waals surface area contributed by atoms with E-state index in [1.807, 2.05) is 0 Å². The van der Waals surface area contributed by atoms with Crippen LogP contribution in [0.2, 0.25) is 0 Å². The second-order valence-corrected chi connectivity index (χ2v) is 6.27. The fourth-order valence-electron chi connectivity index (χ4n) is 3.15. The Morgan fingerprint density at radius 3 is 2.79 bits per heavy atom. The monoisotopic (exact) mass is 343 g/mol. The van der Waals surface area contributed by atoms with E-state index in [9.17, 15) is 18.0 Å². The molecule has 2 aliphatic rings. The van der Waals surface area contributed by atoms with Crippen LogP contribution in [0.25, 0.3) is 0 Å². The summed E-state index contributed by atoms with van der Waals surface area (Å²) in [5.74, 6) is -0.876. The van der Waals surface area contributed by atoms with Gasteiger partial charge in [-0.1, -0.05) is 18.2 Å². The van der Waals surface area contributed by atoms with Gasteiger partial charge >= 0.3 is 6.36 Å². The van der Waals surface area contributed by atoms with Gasteiger partial charge in [0.05, 0.1) is 6.10 Å². The molecule has 2 fully saturated rings. The zero-order chi connectivity index (χ0) is 17.2. The van der Waals surface area contributed by atoms with Gasteiger partial charge in [-0.3, -0.25) is 4.79 Å². The maximum atomic E-state index is 12.5. The van der Waals surface area contributed by atoms with Crippen molar-refractivity contribution in [2.75, 3.05) is 13.2 Å². The lowest BCUT2D eigenvalue weighted by atomic mass is 10.1. The minimum Gasteiger partial charge on any atom is -0.405 e. The Kier molecular flexibility index (Phi) is 4.99. The van der Waals surface area contributed by atoms with Crippen LogP contribution in [-0.2, 0) is 9.53 Å². The molecule has 0 radical (unpaired) electrons. The summed E-state index contributed by atoms with van der Waals surface area (Å²) < 4.78 is 47.0. The Hall–Kier alpha value is -1.76. The third-order valence-corrected chi connectivity index (χ3v) is 4.45. The van der Waals surface area contributed by atoms with Crippen molar-refractivity contribution >= 4 is 5.91 Å². The number of halogens is 3. The lowest BCUT2D eigenvalue weighted by molar-refractivity contribution is -0.274. The smallest absolute Gasteiger partial charge is 0.405 e. The Balaban J connectivity index is 1.55. The predicted molar refractivity (Wildman–Crippen MR) is 80.6 cm³/mol. The van der Waals surface area contributed by atoms with Gasteiger partial charge in [0, 0.05) is 19.1 Å². The van der Waals surface area contributed by atoms with Crippen LogP contribution in [0.1, 0.15) is 37.2 Å². The quantitative estimate of drug-likeness (QED) is 0.892. The SMILES string of the molecule is O=C(NC[C@@H]1CCCCO1)[C@H]1C[C@@H]1c1ccccc1OC(F)(F)F. The van der Waals surface area contributed by atoms with Crippen LogP contribution >= 0.6 is 0 Å². The van der Waals surface area contributed by atoms with Gasteiger partial charge in [-0.15, -0.1) is 13.2 Å². The normalized spacial score (nSPS) is 26.7. The molecule has 4 nitrogen and oxygen atoms in total. The van der Waals surface area contributed by atoms with Crippen LogP contribution < -0.4 is 10.1 Å². The first-order valence-corrected chi connectivity index (χ1v) is 8.18. The maximum absolute atomic E-state index is 12.5. The first kappa shape index (κ1) is 17.1. The van der Waals surface area contributed by atoms with Crippen LogP contribution in [-0.4, -0.2) is 31.5 Å². The highest BCUT2D eigenvalue weighted by molar-refractivity contribution is 5.83. The highest BCUT2D eigenvalue weighted by Crippen LogP contribution is 2.51. The van der Waals surface area contributed by atoms with Gasteiger partial charge in [0.15, 0.2) is 0 Å². The van der Waals surface area contributed by atoms with E-state index >= 15 is 0 Å². The van der Waals surface area contributed by atoms with E-state index < -0.39 is 6.36 Å². The fraction of sp³-hybridized carbons (Fsp3) is 0.588. The number of carbonyl (C=O) groups excluding carboxylic acids is 1. The van der Waals surface area contributed by atoms with Gasteiger partial charge in [-0.2, -0.15) is 0 Å². The largest absolute Gasteiger partial charge is 0.573 e. The van der Waals surface area contributed by atoms with Crippen LogP contribution in [0.15, 0.2) is 24.3 Å². The van der Waals surface area contributed by atoms with E-state index in [2.05, 4.69) is 10.1 Å². The summed E-state index contributed by atoms with van der Waals surface area (Å²) in [5, 5.41) is 2.85. The average molecular weight is 343 g/mol. The third-order valence-electron chi connectivity index (χ3n) is 4.45. The fourth-order valence-corrected chi connectivity index (χ4v) is 3.15. The molecular formula is C17H20F3NO3. The molecular weight excluding hydrogens is 323 g/mol. The first-order valence-electron chi connectivity index (χ1n) is 8.18. The molecule has 1 saturated carbocycles. The molecule has 1 heterocycles. The predicted octanol–water partition coefficient (Wildman–Crippen LogP) is 3.37. The Labute approximate surface area is 138 Å². The Morgan fingerprint density at radius 2 is 2.08 bits per heavy atom. The topological polar surface area (TPSA) is 47.6 Å². The summed E-state index contributed by atoms with van der Waals surface area (Å²) in [7, 11) is 0. The van der Waals surface area contributed by atoms with E-state index in [1.54, 1.807) is 12.1 Å². The summed E-state index contributed by atoms with van der Waals surface area (Å²) in [6.45, 7) is 1.18. The zero-order valence-electron chi connectivity index (χ0n) is 13.1. The number of para-hydroxylation sites is 1. The van der Waals surface area contributed by atoms with Gasteiger partial charge in [-0.05, 0) is 43.2 Å². The van der Waals surface area contributed by atoms with Crippen LogP contribution in [0.4, 0.5) is 13.2 Å². The van der Waals surface area contributed by atoms with Crippen LogP contribution in [0.5, 0.6) is 5.75 Å². The molecule has 24 heavy (non-hydrogen) atoms. The number of hydrogen-bond acceptors (Lipinski definition) is 3. The summed E-state index contributed by atoms with van der Waals surface area (Å²) in [4.78, 5) is 12.2. The highest BCUT2D eigenvalue weighted by Gasteiger charge is 2.46. The number of alkyl halides is 3. The second-order valence-electron chi connectivity index (χ2n) is 6.27. The number of carbonyl (C=O) groups is 1. The minimum absolute atomic E-state index is 0.0424. The van der Waals surface area contributed by atoms with Crippen molar-refractivity contribution in [2.24, 2.45) is 5.92 Å². The van der Waals surface area contributed by atoms with Gasteiger partial charge in [0.2, 0.25) is 5.91 Å². The van der Waals surface area contributed by atoms with E-state index in [0.29, 0.717) is 18.5 Å². The van der Waals surface area contributed by atoms with Crippen molar-refractivity contribution in [1.29, 1.82) is 0 Å². The molecule has 7 heteroatoms. The average Bonchev–Trinajstić information content (AvgIpc) is 3.33. The van der Waals surface area contributed by atoms with Crippen molar-refractivity contribution in [3.63, 3.8) is 0 Å². The number of rotatable bonds is 5. The van der Waals surface area contributed by atoms with E-state index in [4.69, 9.17) is 4.74 Å². The van der Waals surface area contributed by atoms with Crippen molar-refractivity contribution in [2.45, 2.75) is 44.1 Å². The van der Waals surface area contributed by atoms with Crippen molar-refractivity contribution in [1.82, 2.24) is 5.32 Å². The third kappa shape index (κ3) is 4.41. The summed E-state index contributed by atoms with van der Waals surface area (Å²) in [6, 6.07) is 6.01. The first-order chi connectivity index (χ1) is 11.4. The molecule has 3 atom stereocenters. The van der Waals surface area contributed by atoms with Crippen molar-refractivity contribution in [3.05, 3.63) is 29.8 Å². The number of hydrogen-bond donors (Lipinski definition) is 1. The summed E-state index contributed by atoms with van der Waals surface area (Å²) in [5.41, 5.74) is 0.434. The molecule has 3 rings (SSSR count). The molecule has 1 amide bonds. The molecule has 132 valence electrons.